The van der Waals surface area contributed by atoms with Crippen LogP contribution in [0.3, 0.4) is 0 Å². The first-order valence-corrected chi connectivity index (χ1v) is 8.26. The van der Waals surface area contributed by atoms with Crippen LogP contribution in [0.2, 0.25) is 0 Å². The summed E-state index contributed by atoms with van der Waals surface area (Å²) in [6, 6.07) is 14.4. The van der Waals surface area contributed by atoms with Crippen LogP contribution in [0.15, 0.2) is 51.8 Å². The summed E-state index contributed by atoms with van der Waals surface area (Å²) in [5.41, 5.74) is 1.03. The molecule has 1 N–H and O–H groups in total. The van der Waals surface area contributed by atoms with Crippen molar-refractivity contribution in [1.82, 2.24) is 0 Å². The van der Waals surface area contributed by atoms with Gasteiger partial charge in [-0.25, -0.2) is 0 Å². The lowest BCUT2D eigenvalue weighted by atomic mass is 10.1. The molecule has 2 aromatic carbocycles. The van der Waals surface area contributed by atoms with Crippen molar-refractivity contribution in [3.05, 3.63) is 51.8 Å². The van der Waals surface area contributed by atoms with Crippen LogP contribution in [0, 0.1) is 0 Å². The second kappa shape index (κ2) is 7.29. The second-order valence-electron chi connectivity index (χ2n) is 3.78. The Bertz CT molecular complexity index is 622. The normalized spacial score (nSPS) is 11.6. The molecule has 5 heteroatoms. The highest BCUT2D eigenvalue weighted by atomic mass is 79.9. The topological polar surface area (TPSA) is 12.0 Å². The maximum absolute atomic E-state index is 5.90. The summed E-state index contributed by atoms with van der Waals surface area (Å²) in [5, 5.41) is 5.64. The van der Waals surface area contributed by atoms with Gasteiger partial charge in [-0.15, -0.1) is 11.8 Å². The number of halogens is 2. The van der Waals surface area contributed by atoms with E-state index in [2.05, 4.69) is 39.4 Å². The Morgan fingerprint density at radius 3 is 2.79 bits per heavy atom. The second-order valence-corrected chi connectivity index (χ2v) is 6.38. The molecular weight excluding hydrogens is 362 g/mol. The van der Waals surface area contributed by atoms with Crippen molar-refractivity contribution >= 4 is 73.0 Å². The highest BCUT2D eigenvalue weighted by Crippen LogP contribution is 2.25. The van der Waals surface area contributed by atoms with Gasteiger partial charge in [-0.1, -0.05) is 76.1 Å². The molecule has 0 fully saturated rings. The van der Waals surface area contributed by atoms with Crippen molar-refractivity contribution in [2.45, 2.75) is 0 Å². The van der Waals surface area contributed by atoms with Gasteiger partial charge in [0.1, 0.15) is 0 Å². The number of hydrogen-bond donors (Lipinski definition) is 1. The molecule has 0 aliphatic rings. The van der Waals surface area contributed by atoms with E-state index < -0.39 is 0 Å². The van der Waals surface area contributed by atoms with Crippen LogP contribution in [-0.2, 0) is 0 Å². The number of fused-ring (bicyclic) bond motifs is 1. The van der Waals surface area contributed by atoms with Crippen LogP contribution in [0.1, 0.15) is 0 Å². The summed E-state index contributed by atoms with van der Waals surface area (Å²) in [5.74, 6) is 0.652. The maximum atomic E-state index is 5.90. The fourth-order valence-electron chi connectivity index (χ4n) is 1.69. The Hall–Kier alpha value is -0.550. The SMILES string of the molecule is S=C(CS/C(Cl)=C/Br)Nc1cccc2ccccc12. The number of rotatable bonds is 4. The number of hydrogen-bond acceptors (Lipinski definition) is 2. The summed E-state index contributed by atoms with van der Waals surface area (Å²) in [7, 11) is 0. The summed E-state index contributed by atoms with van der Waals surface area (Å²) in [4.78, 5) is 2.44. The van der Waals surface area contributed by atoms with Gasteiger partial charge >= 0.3 is 0 Å². The van der Waals surface area contributed by atoms with E-state index in [1.165, 1.54) is 22.5 Å². The first kappa shape index (κ1) is 14.9. The molecule has 0 amide bonds. The van der Waals surface area contributed by atoms with Crippen LogP contribution in [0.25, 0.3) is 10.8 Å². The molecule has 0 unspecified atom stereocenters. The van der Waals surface area contributed by atoms with E-state index >= 15 is 0 Å². The highest BCUT2D eigenvalue weighted by Gasteiger charge is 2.03. The highest BCUT2D eigenvalue weighted by molar-refractivity contribution is 9.11. The van der Waals surface area contributed by atoms with E-state index in [0.717, 1.165) is 10.7 Å². The van der Waals surface area contributed by atoms with Crippen LogP contribution in [-0.4, -0.2) is 10.7 Å². The van der Waals surface area contributed by atoms with Gasteiger partial charge in [-0.05, 0) is 11.5 Å². The zero-order chi connectivity index (χ0) is 13.7. The Morgan fingerprint density at radius 2 is 2.00 bits per heavy atom. The molecule has 0 atom stereocenters. The maximum Gasteiger partial charge on any atom is 0.0901 e. The van der Waals surface area contributed by atoms with Crippen molar-refractivity contribution in [2.24, 2.45) is 0 Å². The monoisotopic (exact) mass is 371 g/mol. The van der Waals surface area contributed by atoms with Gasteiger partial charge in [0.2, 0.25) is 0 Å². The third kappa shape index (κ3) is 4.21. The quantitative estimate of drug-likeness (QED) is 0.687. The lowest BCUT2D eigenvalue weighted by molar-refractivity contribution is 1.68. The van der Waals surface area contributed by atoms with Crippen LogP contribution in [0.4, 0.5) is 5.69 Å². The average molecular weight is 373 g/mol. The number of nitrogens with one attached hydrogen (secondary N) is 1. The van der Waals surface area contributed by atoms with Crippen LogP contribution >= 0.6 is 51.5 Å². The summed E-state index contributed by atoms with van der Waals surface area (Å²) < 4.78 is 0.682. The first-order valence-electron chi connectivity index (χ1n) is 5.57. The standard InChI is InChI=1S/C14H11BrClNS2/c15-8-13(16)19-9-14(18)17-12-7-3-5-10-4-1-2-6-11(10)12/h1-8H,9H2,(H,17,18)/b13-8+. The van der Waals surface area contributed by atoms with Crippen LogP contribution in [0.5, 0.6) is 0 Å². The molecule has 19 heavy (non-hydrogen) atoms. The van der Waals surface area contributed by atoms with Gasteiger partial charge in [0.05, 0.1) is 9.35 Å². The van der Waals surface area contributed by atoms with Crippen LogP contribution < -0.4 is 5.32 Å². The van der Waals surface area contributed by atoms with Gasteiger partial charge in [-0.3, -0.25) is 0 Å². The Kier molecular flexibility index (Phi) is 5.70. The molecule has 0 aromatic heterocycles. The van der Waals surface area contributed by atoms with E-state index in [1.54, 1.807) is 4.99 Å². The number of thioether (sulfide) groups is 1. The van der Waals surface area contributed by atoms with Crippen molar-refractivity contribution in [1.29, 1.82) is 0 Å². The lowest BCUT2D eigenvalue weighted by Gasteiger charge is -2.10. The number of benzene rings is 2. The molecular formula is C14H11BrClNS2. The minimum Gasteiger partial charge on any atom is -0.349 e. The van der Waals surface area contributed by atoms with Gasteiger partial charge < -0.3 is 5.32 Å². The predicted octanol–water partition coefficient (Wildman–Crippen LogP) is 5.74. The Labute approximate surface area is 135 Å². The van der Waals surface area contributed by atoms with Gasteiger partial charge in [0, 0.05) is 21.8 Å². The Morgan fingerprint density at radius 1 is 1.26 bits per heavy atom. The minimum absolute atomic E-state index is 0.652. The van der Waals surface area contributed by atoms with Crippen molar-refractivity contribution in [3.8, 4) is 0 Å². The van der Waals surface area contributed by atoms with E-state index in [-0.39, 0.29) is 0 Å². The van der Waals surface area contributed by atoms with E-state index in [1.807, 2.05) is 24.3 Å². The molecule has 0 aliphatic heterocycles. The third-order valence-corrected chi connectivity index (χ3v) is 5.21. The summed E-state index contributed by atoms with van der Waals surface area (Å²) >= 11 is 15.9. The number of thiocarbonyl (C=S) groups is 1. The average Bonchev–Trinajstić information content (AvgIpc) is 2.45. The zero-order valence-electron chi connectivity index (χ0n) is 9.90. The first-order chi connectivity index (χ1) is 9.20. The van der Waals surface area contributed by atoms with Crippen molar-refractivity contribution in [3.63, 3.8) is 0 Å². The van der Waals surface area contributed by atoms with Gasteiger partial charge in [0.15, 0.2) is 0 Å². The molecule has 0 radical (unpaired) electrons. The zero-order valence-corrected chi connectivity index (χ0v) is 13.9. The molecule has 0 saturated carbocycles. The smallest absolute Gasteiger partial charge is 0.0901 e. The molecule has 0 spiro atoms. The summed E-state index contributed by atoms with van der Waals surface area (Å²) in [6.07, 6.45) is 0. The van der Waals surface area contributed by atoms with E-state index in [0.29, 0.717) is 10.1 Å². The minimum atomic E-state index is 0.652. The molecule has 2 aromatic rings. The predicted molar refractivity (Wildman–Crippen MR) is 95.5 cm³/mol. The van der Waals surface area contributed by atoms with E-state index in [4.69, 9.17) is 23.8 Å². The van der Waals surface area contributed by atoms with Crippen molar-refractivity contribution < 1.29 is 0 Å². The largest absolute Gasteiger partial charge is 0.349 e. The molecule has 0 aliphatic carbocycles. The van der Waals surface area contributed by atoms with E-state index in [9.17, 15) is 0 Å². The number of anilines is 1. The molecule has 98 valence electrons. The van der Waals surface area contributed by atoms with Crippen molar-refractivity contribution in [2.75, 3.05) is 11.1 Å². The molecule has 2 rings (SSSR count). The molecule has 0 heterocycles. The molecule has 1 nitrogen and oxygen atoms in total. The fourth-order valence-corrected chi connectivity index (χ4v) is 2.94. The lowest BCUT2D eigenvalue weighted by Crippen LogP contribution is -2.11. The molecule has 0 saturated heterocycles. The molecule has 0 bridgehead atoms. The third-order valence-electron chi connectivity index (χ3n) is 2.49. The van der Waals surface area contributed by atoms with Gasteiger partial charge in [0.25, 0.3) is 0 Å². The Balaban J connectivity index is 2.11. The summed E-state index contributed by atoms with van der Waals surface area (Å²) in [6.45, 7) is 0. The fraction of sp³-hybridized carbons (Fsp3) is 0.0714. The van der Waals surface area contributed by atoms with Gasteiger partial charge in [-0.2, -0.15) is 0 Å².